The van der Waals surface area contributed by atoms with Crippen LogP contribution in [0.4, 0.5) is 22.0 Å². The Bertz CT molecular complexity index is 2600. The number of pyridine rings is 2. The molecule has 0 bridgehead atoms. The maximum Gasteiger partial charge on any atom is 0.395 e. The Hall–Kier alpha value is -4.19. The Morgan fingerprint density at radius 3 is 1.65 bits per heavy atom. The predicted octanol–water partition coefficient (Wildman–Crippen LogP) is 8.85. The Labute approximate surface area is 385 Å². The van der Waals surface area contributed by atoms with Gasteiger partial charge in [0.1, 0.15) is 35.2 Å². The zero-order valence-electron chi connectivity index (χ0n) is 37.9. The molecular formula is C49H59F5N4O6S2. The summed E-state index contributed by atoms with van der Waals surface area (Å²) in [7, 11) is -6.31. The molecule has 17 heteroatoms. The molecule has 0 amide bonds. The number of fused-ring (bicyclic) bond motifs is 2. The van der Waals surface area contributed by atoms with Crippen molar-refractivity contribution in [3.8, 4) is 34.0 Å². The van der Waals surface area contributed by atoms with Gasteiger partial charge < -0.3 is 19.3 Å². The number of piperidine rings is 2. The quantitative estimate of drug-likeness (QED) is 0.128. The standard InChI is InChI=1S/C25H29F3N2O3S.C24H30F2N2O3S/c1-34(31,32)15-17-2-4-18(5-3-17)21-12-20-13-22(33-23(20)14-29-21)19-6-10-30(11-7-19)16-24(8-9-24)25(26,27)28;1-24(2,26)15-28-8-6-17(7-9-28)22-12-18-11-21(27-13-23(18)31-22)19-5-4-16(10-20(19)25)14-32(3,29)30/h2-5,12,14,19,22H,6-11,13,15-16H2,1H3;4-5,10-11,13,17,22H,6-9,12,14-15H2,1-3H3. The average molecular weight is 959 g/mol. The third kappa shape index (κ3) is 12.1. The number of benzene rings is 2. The van der Waals surface area contributed by atoms with Gasteiger partial charge in [-0.2, -0.15) is 13.2 Å². The van der Waals surface area contributed by atoms with E-state index in [4.69, 9.17) is 9.47 Å². The van der Waals surface area contributed by atoms with Crippen molar-refractivity contribution in [1.29, 1.82) is 0 Å². The minimum Gasteiger partial charge on any atom is -0.488 e. The number of hydrogen-bond acceptors (Lipinski definition) is 10. The number of sulfone groups is 2. The molecule has 0 spiro atoms. The van der Waals surface area contributed by atoms with E-state index in [1.54, 1.807) is 38.4 Å². The molecule has 0 N–H and O–H groups in total. The van der Waals surface area contributed by atoms with Crippen molar-refractivity contribution < 1.29 is 48.3 Å². The van der Waals surface area contributed by atoms with Gasteiger partial charge in [-0.05, 0) is 126 Å². The zero-order chi connectivity index (χ0) is 47.2. The van der Waals surface area contributed by atoms with Crippen LogP contribution in [-0.4, -0.2) is 112 Å². The lowest BCUT2D eigenvalue weighted by Gasteiger charge is -2.36. The number of likely N-dealkylation sites (tertiary alicyclic amines) is 2. The minimum absolute atomic E-state index is 0.0103. The van der Waals surface area contributed by atoms with E-state index in [1.165, 1.54) is 12.3 Å². The van der Waals surface area contributed by atoms with E-state index in [2.05, 4.69) is 14.9 Å². The van der Waals surface area contributed by atoms with Gasteiger partial charge in [-0.1, -0.05) is 30.3 Å². The largest absolute Gasteiger partial charge is 0.488 e. The first-order valence-corrected chi connectivity index (χ1v) is 26.9. The highest BCUT2D eigenvalue weighted by atomic mass is 32.2. The Kier molecular flexibility index (Phi) is 13.7. The second-order valence-corrected chi connectivity index (χ2v) is 24.2. The fourth-order valence-electron chi connectivity index (χ4n) is 10.0. The second-order valence-electron chi connectivity index (χ2n) is 20.0. The molecule has 9 rings (SSSR count). The monoisotopic (exact) mass is 958 g/mol. The molecular weight excluding hydrogens is 900 g/mol. The van der Waals surface area contributed by atoms with Crippen LogP contribution in [0.1, 0.15) is 74.6 Å². The maximum atomic E-state index is 14.7. The van der Waals surface area contributed by atoms with Crippen LogP contribution in [0.3, 0.4) is 0 Å². The summed E-state index contributed by atoms with van der Waals surface area (Å²) < 4.78 is 127. The highest BCUT2D eigenvalue weighted by molar-refractivity contribution is 7.90. The van der Waals surface area contributed by atoms with Crippen LogP contribution in [0.5, 0.6) is 11.5 Å². The first-order valence-electron chi connectivity index (χ1n) is 22.7. The van der Waals surface area contributed by atoms with Crippen molar-refractivity contribution in [3.05, 3.63) is 95.1 Å². The molecule has 4 aromatic rings. The number of aromatic nitrogens is 2. The van der Waals surface area contributed by atoms with E-state index in [1.807, 2.05) is 41.3 Å². The Balaban J connectivity index is 0.000000180. The number of halogens is 5. The summed E-state index contributed by atoms with van der Waals surface area (Å²) >= 11 is 0. The molecule has 10 nitrogen and oxygen atoms in total. The third-order valence-corrected chi connectivity index (χ3v) is 15.3. The van der Waals surface area contributed by atoms with Crippen molar-refractivity contribution in [2.75, 3.05) is 51.8 Å². The fourth-order valence-corrected chi connectivity index (χ4v) is 11.6. The third-order valence-electron chi connectivity index (χ3n) is 13.6. The number of rotatable bonds is 12. The zero-order valence-corrected chi connectivity index (χ0v) is 39.6. The normalized spacial score (nSPS) is 21.6. The van der Waals surface area contributed by atoms with E-state index >= 15 is 0 Å². The highest BCUT2D eigenvalue weighted by Crippen LogP contribution is 2.58. The van der Waals surface area contributed by atoms with Crippen molar-refractivity contribution in [2.24, 2.45) is 17.3 Å². The molecule has 1 saturated carbocycles. The van der Waals surface area contributed by atoms with Crippen LogP contribution in [0.2, 0.25) is 0 Å². The van der Waals surface area contributed by atoms with E-state index in [0.29, 0.717) is 48.3 Å². The summed E-state index contributed by atoms with van der Waals surface area (Å²) in [6.07, 6.45) is 7.37. The average Bonchev–Trinajstić information content (AvgIpc) is 3.71. The summed E-state index contributed by atoms with van der Waals surface area (Å²) in [5.41, 5.74) is 3.18. The summed E-state index contributed by atoms with van der Waals surface area (Å²) in [6, 6.07) is 15.7. The molecule has 2 aromatic carbocycles. The lowest BCUT2D eigenvalue weighted by Crippen LogP contribution is -2.44. The molecule has 6 heterocycles. The second kappa shape index (κ2) is 18.7. The van der Waals surface area contributed by atoms with Gasteiger partial charge in [0, 0.05) is 60.7 Å². The van der Waals surface area contributed by atoms with Crippen LogP contribution < -0.4 is 9.47 Å². The molecule has 4 aliphatic heterocycles. The van der Waals surface area contributed by atoms with Crippen LogP contribution in [0, 0.1) is 23.1 Å². The molecule has 0 radical (unpaired) electrons. The predicted molar refractivity (Wildman–Crippen MR) is 244 cm³/mol. The minimum atomic E-state index is -4.10. The van der Waals surface area contributed by atoms with Gasteiger partial charge in [0.05, 0.1) is 40.7 Å². The van der Waals surface area contributed by atoms with Gasteiger partial charge in [-0.25, -0.2) is 25.6 Å². The van der Waals surface area contributed by atoms with Crippen LogP contribution in [0.15, 0.2) is 67.0 Å². The summed E-state index contributed by atoms with van der Waals surface area (Å²) in [5.74, 6) is 1.56. The molecule has 2 unspecified atom stereocenters. The van der Waals surface area contributed by atoms with Gasteiger partial charge in [-0.3, -0.25) is 9.97 Å². The molecule has 2 aromatic heterocycles. The molecule has 1 aliphatic carbocycles. The summed E-state index contributed by atoms with van der Waals surface area (Å²) in [6.45, 7) is 6.90. The first-order chi connectivity index (χ1) is 31.0. The van der Waals surface area contributed by atoms with Gasteiger partial charge in [0.15, 0.2) is 19.7 Å². The van der Waals surface area contributed by atoms with Crippen molar-refractivity contribution >= 4 is 19.7 Å². The van der Waals surface area contributed by atoms with E-state index < -0.39 is 42.8 Å². The summed E-state index contributed by atoms with van der Waals surface area (Å²) in [5, 5.41) is 0. The maximum absolute atomic E-state index is 14.7. The summed E-state index contributed by atoms with van der Waals surface area (Å²) in [4.78, 5) is 13.1. The molecule has 2 saturated heterocycles. The van der Waals surface area contributed by atoms with Gasteiger partial charge in [0.2, 0.25) is 0 Å². The molecule has 66 heavy (non-hydrogen) atoms. The van der Waals surface area contributed by atoms with E-state index in [0.717, 1.165) is 97.3 Å². The molecule has 3 fully saturated rings. The fraction of sp³-hybridized carbons (Fsp3) is 0.551. The number of nitrogens with zero attached hydrogens (tertiary/aromatic N) is 4. The van der Waals surface area contributed by atoms with Gasteiger partial charge >= 0.3 is 6.18 Å². The number of alkyl halides is 4. The highest BCUT2D eigenvalue weighted by Gasteiger charge is 2.63. The van der Waals surface area contributed by atoms with Gasteiger partial charge in [0.25, 0.3) is 0 Å². The van der Waals surface area contributed by atoms with Crippen molar-refractivity contribution in [3.63, 3.8) is 0 Å². The van der Waals surface area contributed by atoms with Crippen molar-refractivity contribution in [2.45, 2.75) is 101 Å². The van der Waals surface area contributed by atoms with Crippen LogP contribution >= 0.6 is 0 Å². The molecule has 5 aliphatic rings. The Morgan fingerprint density at radius 2 is 1.17 bits per heavy atom. The van der Waals surface area contributed by atoms with Crippen LogP contribution in [-0.2, 0) is 44.0 Å². The molecule has 358 valence electrons. The van der Waals surface area contributed by atoms with Crippen LogP contribution in [0.25, 0.3) is 22.5 Å². The SMILES string of the molecule is CC(C)(F)CN1CCC(C2Cc3cc(-c4ccc(CS(C)(=O)=O)cc4F)ncc3O2)CC1.CS(=O)(=O)Cc1ccc(-c2cc3c(cn2)OC(C2CCN(CC4(C(F)(F)F)CC4)CC2)C3)cc1. The van der Waals surface area contributed by atoms with E-state index in [-0.39, 0.29) is 43.1 Å². The lowest BCUT2D eigenvalue weighted by molar-refractivity contribution is -0.192. The lowest BCUT2D eigenvalue weighted by atomic mass is 9.88. The molecule has 2 atom stereocenters. The van der Waals surface area contributed by atoms with E-state index in [9.17, 15) is 38.8 Å². The first kappa shape index (κ1) is 48.3. The van der Waals surface area contributed by atoms with Gasteiger partial charge in [-0.15, -0.1) is 0 Å². The smallest absolute Gasteiger partial charge is 0.395 e. The number of hydrogen-bond donors (Lipinski definition) is 0. The van der Waals surface area contributed by atoms with Crippen molar-refractivity contribution in [1.82, 2.24) is 19.8 Å². The Morgan fingerprint density at radius 1 is 0.682 bits per heavy atom. The number of ether oxygens (including phenoxy) is 2. The topological polar surface area (TPSA) is 119 Å².